The Hall–Kier alpha value is -11.7. The molecule has 0 radical (unpaired) electrons. The van der Waals surface area contributed by atoms with E-state index in [1.165, 1.54) is 17.7 Å². The molecule has 0 saturated carbocycles. The largest absolute Gasteiger partial charge is 0.393 e. The van der Waals surface area contributed by atoms with Gasteiger partial charge in [-0.1, -0.05) is 18.2 Å². The molecule has 9 N–H and O–H groups in total. The molecular weight excluding hydrogens is 1290 g/mol. The number of pyridine rings is 7. The number of aryl methyl sites for hydroxylation is 1. The lowest BCUT2D eigenvalue weighted by Crippen LogP contribution is -2.35. The fourth-order valence-corrected chi connectivity index (χ4v) is 14.2. The molecule has 6 aliphatic heterocycles. The summed E-state index contributed by atoms with van der Waals surface area (Å²) in [5.41, 5.74) is 18.1. The van der Waals surface area contributed by atoms with Gasteiger partial charge in [-0.3, -0.25) is 28.2 Å². The van der Waals surface area contributed by atoms with Gasteiger partial charge in [0, 0.05) is 123 Å². The lowest BCUT2D eigenvalue weighted by molar-refractivity contribution is 0.0958. The predicted octanol–water partition coefficient (Wildman–Crippen LogP) is 11.4. The summed E-state index contributed by atoms with van der Waals surface area (Å²) in [5, 5.41) is 39.1. The van der Waals surface area contributed by atoms with Crippen LogP contribution in [0.4, 0.5) is 54.7 Å². The molecule has 3 saturated heterocycles. The van der Waals surface area contributed by atoms with Crippen LogP contribution in [0.2, 0.25) is 0 Å². The molecule has 3 amide bonds. The van der Waals surface area contributed by atoms with Crippen LogP contribution in [0.5, 0.6) is 0 Å². The number of aliphatic hydroxyl groups excluding tert-OH is 2. The molecule has 10 aromatic heterocycles. The number of piperidine rings is 2. The van der Waals surface area contributed by atoms with E-state index in [9.17, 15) is 33.4 Å². The third-order valence-corrected chi connectivity index (χ3v) is 19.6. The molecule has 2 aromatic carbocycles. The smallest absolute Gasteiger partial charge is 0.264 e. The Morgan fingerprint density at radius 3 is 1.62 bits per heavy atom. The highest BCUT2D eigenvalue weighted by Gasteiger charge is 2.32. The zero-order chi connectivity index (χ0) is 68.8. The summed E-state index contributed by atoms with van der Waals surface area (Å²) in [6, 6.07) is 30.3. The van der Waals surface area contributed by atoms with Gasteiger partial charge in [0.1, 0.15) is 34.4 Å². The number of anilines is 8. The molecule has 24 nitrogen and oxygen atoms in total. The van der Waals surface area contributed by atoms with Crippen LogP contribution in [0.15, 0.2) is 159 Å². The van der Waals surface area contributed by atoms with Gasteiger partial charge in [-0.05, 0) is 140 Å². The Kier molecular flexibility index (Phi) is 17.2. The molecule has 6 aliphatic rings. The molecule has 3 fully saturated rings. The maximum Gasteiger partial charge on any atom is 0.264 e. The molecule has 0 bridgehead atoms. The van der Waals surface area contributed by atoms with E-state index in [-0.39, 0.29) is 35.5 Å². The third kappa shape index (κ3) is 12.7. The topological polar surface area (TPSA) is 294 Å². The molecule has 0 unspecified atom stereocenters. The molecule has 101 heavy (non-hydrogen) atoms. The Bertz CT molecular complexity index is 5140. The van der Waals surface area contributed by atoms with Crippen LogP contribution in [0.3, 0.4) is 0 Å². The van der Waals surface area contributed by atoms with E-state index in [4.69, 9.17) is 9.72 Å². The fourth-order valence-electron chi connectivity index (χ4n) is 14.2. The summed E-state index contributed by atoms with van der Waals surface area (Å²) in [6.07, 6.45) is 19.0. The molecule has 0 aliphatic carbocycles. The number of carbonyl (C=O) groups excluding carboxylic acids is 3. The Balaban J connectivity index is 0.000000118. The first kappa shape index (κ1) is 64.0. The third-order valence-electron chi connectivity index (χ3n) is 19.6. The minimum atomic E-state index is -2.57. The predicted molar refractivity (Wildman–Crippen MR) is 379 cm³/mol. The first-order valence-electron chi connectivity index (χ1n) is 33.8. The number of imidazole rings is 2. The number of nitrogens with zero attached hydrogens (tertiary/aromatic N) is 11. The number of amides is 3. The monoisotopic (exact) mass is 1360 g/mol. The highest BCUT2D eigenvalue weighted by molar-refractivity contribution is 6.08. The van der Waals surface area contributed by atoms with E-state index in [0.29, 0.717) is 76.7 Å². The van der Waals surface area contributed by atoms with Gasteiger partial charge < -0.3 is 61.6 Å². The maximum atomic E-state index is 13.1. The molecule has 26 heteroatoms. The van der Waals surface area contributed by atoms with E-state index in [0.717, 1.165) is 161 Å². The van der Waals surface area contributed by atoms with Crippen molar-refractivity contribution in [3.63, 3.8) is 0 Å². The number of nitrogens with one attached hydrogen (secondary N) is 7. The van der Waals surface area contributed by atoms with Crippen LogP contribution in [0.25, 0.3) is 56.1 Å². The Morgan fingerprint density at radius 1 is 0.535 bits per heavy atom. The summed E-state index contributed by atoms with van der Waals surface area (Å²) in [4.78, 5) is 77.3. The molecule has 0 spiro atoms. The number of aromatic nitrogens is 10. The van der Waals surface area contributed by atoms with Crippen LogP contribution in [0.1, 0.15) is 109 Å². The lowest BCUT2D eigenvalue weighted by atomic mass is 9.99. The highest BCUT2D eigenvalue weighted by Crippen LogP contribution is 2.40. The second kappa shape index (κ2) is 27.2. The number of alkyl halides is 2. The van der Waals surface area contributed by atoms with Gasteiger partial charge >= 0.3 is 0 Å². The maximum absolute atomic E-state index is 13.1. The van der Waals surface area contributed by atoms with E-state index in [2.05, 4.69) is 112 Å². The summed E-state index contributed by atoms with van der Waals surface area (Å²) in [6.45, 7) is 8.10. The summed E-state index contributed by atoms with van der Waals surface area (Å²) >= 11 is 0. The second-order valence-corrected chi connectivity index (χ2v) is 25.9. The number of halogens is 2. The van der Waals surface area contributed by atoms with Crippen molar-refractivity contribution in [1.29, 1.82) is 0 Å². The van der Waals surface area contributed by atoms with Crippen molar-refractivity contribution < 1.29 is 38.1 Å². The van der Waals surface area contributed by atoms with Gasteiger partial charge in [-0.25, -0.2) is 38.7 Å². The average Bonchev–Trinajstić information content (AvgIpc) is 1.62. The van der Waals surface area contributed by atoms with E-state index in [1.807, 2.05) is 91.6 Å². The van der Waals surface area contributed by atoms with Crippen molar-refractivity contribution in [2.45, 2.75) is 83.2 Å². The van der Waals surface area contributed by atoms with Gasteiger partial charge in [0.25, 0.3) is 24.1 Å². The van der Waals surface area contributed by atoms with Crippen molar-refractivity contribution >= 4 is 85.9 Å². The van der Waals surface area contributed by atoms with Crippen molar-refractivity contribution in [2.24, 2.45) is 0 Å². The van der Waals surface area contributed by atoms with E-state index >= 15 is 0 Å². The summed E-state index contributed by atoms with van der Waals surface area (Å²) in [7, 11) is 0. The number of aliphatic hydroxyl groups is 2. The molecule has 510 valence electrons. The van der Waals surface area contributed by atoms with Gasteiger partial charge in [0.05, 0.1) is 112 Å². The molecule has 12 aromatic rings. The number of hydrogen-bond acceptors (Lipinski definition) is 18. The van der Waals surface area contributed by atoms with E-state index < -0.39 is 6.43 Å². The first-order chi connectivity index (χ1) is 49.3. The van der Waals surface area contributed by atoms with Crippen molar-refractivity contribution in [2.75, 3.05) is 65.1 Å². The minimum Gasteiger partial charge on any atom is -0.393 e. The summed E-state index contributed by atoms with van der Waals surface area (Å²) < 4.78 is 35.5. The highest BCUT2D eigenvalue weighted by atomic mass is 19.3. The molecule has 18 rings (SSSR count). The average molecular weight is 1360 g/mol. The number of carbonyl (C=O) groups is 3. The number of rotatable bonds is 13. The summed E-state index contributed by atoms with van der Waals surface area (Å²) in [5.74, 6) is 2.00. The molecule has 1 atom stereocenters. The van der Waals surface area contributed by atoms with Gasteiger partial charge in [-0.2, -0.15) is 0 Å². The molecule has 16 heterocycles. The van der Waals surface area contributed by atoms with Gasteiger partial charge in [0.15, 0.2) is 0 Å². The number of hydrogen-bond donors (Lipinski definition) is 9. The van der Waals surface area contributed by atoms with Gasteiger partial charge in [0.2, 0.25) is 0 Å². The van der Waals surface area contributed by atoms with Crippen LogP contribution in [-0.2, 0) is 24.4 Å². The number of fused-ring (bicyclic) bond motifs is 6. The van der Waals surface area contributed by atoms with Crippen LogP contribution >= 0.6 is 0 Å². The number of ether oxygens (including phenoxy) is 1. The zero-order valence-corrected chi connectivity index (χ0v) is 54.9. The van der Waals surface area contributed by atoms with Crippen molar-refractivity contribution in [1.82, 2.24) is 64.6 Å². The lowest BCUT2D eigenvalue weighted by Gasteiger charge is -2.31. The van der Waals surface area contributed by atoms with Crippen LogP contribution in [-0.4, -0.2) is 128 Å². The number of aromatic amines is 1. The standard InChI is InChI=1S/C26H24F2N6O2.C25H23N5O2.C24H23N7O2/c27-25(28)15-5-10-34-21(14-30-23(34)11-15)18-2-3-20(24-19(18)13-31-26(24)36)32-22-4-1-16(12-29-22)33-8-6-17(35)7-9-33;1-15-6-8-30-21(13-27-23(30)10-15)18-3-4-20(24-19(18)12-28-25(24)31)29-22-5-2-16(11-26-22)17-7-9-32-14-17;32-15-5-9-31(10-6-15)14-1-2-20(27-11-14)30-19-13-28-22(18-12-29-24(33)21(18)19)16-3-7-25-23-17(16)4-8-26-23/h1-5,10-12,14,17,25,35H,6-9,13H2,(H,29,32)(H,31,36);2-6,8,10-11,13,17H,7,9,12,14H2,1H3,(H,26,29)(H,28,31);1-4,7-8,11,13,15,32H,5-6,9-10,12H2,(H,25,26)(H,27,30)(H,29,33)/t;17-;/m.1./s1. The van der Waals surface area contributed by atoms with Crippen LogP contribution < -0.4 is 41.7 Å². The minimum absolute atomic E-state index is 0.0752. The van der Waals surface area contributed by atoms with Gasteiger partial charge in [-0.15, -0.1) is 0 Å². The Morgan fingerprint density at radius 2 is 1.08 bits per heavy atom. The van der Waals surface area contributed by atoms with E-state index in [1.54, 1.807) is 35.4 Å². The quantitative estimate of drug-likeness (QED) is 0.0518. The second-order valence-electron chi connectivity index (χ2n) is 25.9. The number of H-pyrrole nitrogens is 1. The van der Waals surface area contributed by atoms with Crippen molar-refractivity contribution in [3.05, 3.63) is 209 Å². The van der Waals surface area contributed by atoms with Crippen LogP contribution in [0, 0.1) is 6.92 Å². The van der Waals surface area contributed by atoms with Crippen molar-refractivity contribution in [3.8, 4) is 33.8 Å². The number of benzene rings is 2. The normalized spacial score (nSPS) is 16.5. The Labute approximate surface area is 577 Å². The first-order valence-corrected chi connectivity index (χ1v) is 33.8. The zero-order valence-electron chi connectivity index (χ0n) is 54.9. The fraction of sp³-hybridized carbons (Fsp3) is 0.253. The SMILES string of the molecule is Cc1ccn2c(-c3ccc(Nc4ccc([C@@H]5CCOC5)cn4)c4c3CNC4=O)cnc2c1.O=C1NCc2c(-c3ccnc4[nH]ccc34)ncc(Nc3ccc(N4CCC(O)CC4)cn3)c21.O=C1NCc2c(-c3cnc4cc(C(F)F)ccn34)ccc(Nc3ccc(N4CCC(O)CC4)cn3)c21. The molecular formula is C75H70F2N18O6.